The van der Waals surface area contributed by atoms with Gasteiger partial charge in [0.15, 0.2) is 0 Å². The Morgan fingerprint density at radius 2 is 1.89 bits per heavy atom. The van der Waals surface area contributed by atoms with Crippen molar-refractivity contribution < 1.29 is 9.53 Å². The molecule has 0 aromatic rings. The summed E-state index contributed by atoms with van der Waals surface area (Å²) in [6.45, 7) is 2.69. The first kappa shape index (κ1) is 14.8. The van der Waals surface area contributed by atoms with Gasteiger partial charge in [-0.25, -0.2) is 0 Å². The van der Waals surface area contributed by atoms with Crippen molar-refractivity contribution in [3.63, 3.8) is 0 Å². The number of amides is 1. The summed E-state index contributed by atoms with van der Waals surface area (Å²) in [4.78, 5) is 14.7. The first-order chi connectivity index (χ1) is 9.18. The molecule has 1 saturated carbocycles. The van der Waals surface area contributed by atoms with Crippen LogP contribution in [0.15, 0.2) is 0 Å². The van der Waals surface area contributed by atoms with Gasteiger partial charge in [-0.15, -0.1) is 0 Å². The lowest BCUT2D eigenvalue weighted by Crippen LogP contribution is -2.50. The third-order valence-corrected chi connectivity index (χ3v) is 4.90. The lowest BCUT2D eigenvalue weighted by molar-refractivity contribution is -0.146. The first-order valence-electron chi connectivity index (χ1n) is 7.71. The molecule has 1 heterocycles. The van der Waals surface area contributed by atoms with Crippen LogP contribution in [0.25, 0.3) is 0 Å². The minimum atomic E-state index is -0.359. The van der Waals surface area contributed by atoms with Crippen LogP contribution in [0.5, 0.6) is 0 Å². The molecule has 1 aliphatic heterocycles. The Balaban J connectivity index is 1.92. The Morgan fingerprint density at radius 1 is 1.26 bits per heavy atom. The van der Waals surface area contributed by atoms with E-state index in [-0.39, 0.29) is 11.3 Å². The summed E-state index contributed by atoms with van der Waals surface area (Å²) in [7, 11) is 1.95. The highest BCUT2D eigenvalue weighted by Crippen LogP contribution is 2.32. The van der Waals surface area contributed by atoms with Crippen LogP contribution < -0.4 is 5.73 Å². The Hall–Kier alpha value is -0.610. The molecule has 2 aliphatic rings. The van der Waals surface area contributed by atoms with E-state index in [2.05, 4.69) is 0 Å². The number of nitrogens with two attached hydrogens (primary N) is 1. The van der Waals surface area contributed by atoms with Crippen molar-refractivity contribution in [3.05, 3.63) is 0 Å². The number of carbonyl (C=O) groups excluding carboxylic acids is 1. The van der Waals surface area contributed by atoms with E-state index in [1.54, 1.807) is 0 Å². The quantitative estimate of drug-likeness (QED) is 0.845. The summed E-state index contributed by atoms with van der Waals surface area (Å²) in [6.07, 6.45) is 8.10. The van der Waals surface area contributed by atoms with Gasteiger partial charge in [0.1, 0.15) is 0 Å². The Morgan fingerprint density at radius 3 is 2.47 bits per heavy atom. The van der Waals surface area contributed by atoms with E-state index >= 15 is 0 Å². The molecule has 0 aromatic heterocycles. The Labute approximate surface area is 116 Å². The van der Waals surface area contributed by atoms with Crippen molar-refractivity contribution in [3.8, 4) is 0 Å². The van der Waals surface area contributed by atoms with Gasteiger partial charge in [0.25, 0.3) is 0 Å². The third-order valence-electron chi connectivity index (χ3n) is 4.90. The van der Waals surface area contributed by atoms with E-state index in [4.69, 9.17) is 10.5 Å². The average Bonchev–Trinajstić information content (AvgIpc) is 2.48. The van der Waals surface area contributed by atoms with Gasteiger partial charge in [-0.2, -0.15) is 0 Å². The number of nitrogens with zero attached hydrogens (tertiary/aromatic N) is 1. The van der Waals surface area contributed by atoms with Crippen molar-refractivity contribution in [2.45, 2.75) is 44.9 Å². The maximum atomic E-state index is 12.7. The molecule has 0 atom stereocenters. The van der Waals surface area contributed by atoms with E-state index in [1.807, 2.05) is 11.9 Å². The second-order valence-corrected chi connectivity index (χ2v) is 6.29. The number of hydrogen-bond donors (Lipinski definition) is 1. The summed E-state index contributed by atoms with van der Waals surface area (Å²) in [5.41, 5.74) is 5.55. The van der Waals surface area contributed by atoms with E-state index in [9.17, 15) is 4.79 Å². The molecule has 110 valence electrons. The van der Waals surface area contributed by atoms with Crippen LogP contribution in [0, 0.1) is 11.3 Å². The van der Waals surface area contributed by atoms with E-state index in [0.717, 1.165) is 19.4 Å². The Kier molecular flexibility index (Phi) is 5.22. The summed E-state index contributed by atoms with van der Waals surface area (Å²) < 4.78 is 5.38. The summed E-state index contributed by atoms with van der Waals surface area (Å²) in [5.74, 6) is 0.932. The van der Waals surface area contributed by atoms with Gasteiger partial charge in [0, 0.05) is 33.4 Å². The van der Waals surface area contributed by atoms with Crippen LogP contribution >= 0.6 is 0 Å². The van der Waals surface area contributed by atoms with Gasteiger partial charge in [-0.05, 0) is 31.6 Å². The van der Waals surface area contributed by atoms with E-state index in [0.29, 0.717) is 25.7 Å². The second kappa shape index (κ2) is 6.71. The number of ether oxygens (including phenoxy) is 1. The molecule has 0 spiro atoms. The normalized spacial score (nSPS) is 24.1. The van der Waals surface area contributed by atoms with Crippen LogP contribution in [-0.2, 0) is 9.53 Å². The van der Waals surface area contributed by atoms with Crippen molar-refractivity contribution >= 4 is 5.91 Å². The molecule has 1 aliphatic carbocycles. The van der Waals surface area contributed by atoms with Crippen molar-refractivity contribution in [2.75, 3.05) is 33.4 Å². The molecular formula is C15H28N2O2. The minimum absolute atomic E-state index is 0.240. The van der Waals surface area contributed by atoms with Gasteiger partial charge in [-0.1, -0.05) is 19.3 Å². The molecule has 4 heteroatoms. The lowest BCUT2D eigenvalue weighted by atomic mass is 9.78. The van der Waals surface area contributed by atoms with Crippen LogP contribution in [0.3, 0.4) is 0 Å². The molecular weight excluding hydrogens is 240 g/mol. The van der Waals surface area contributed by atoms with Crippen LogP contribution in [0.1, 0.15) is 44.9 Å². The fourth-order valence-electron chi connectivity index (χ4n) is 3.51. The summed E-state index contributed by atoms with van der Waals surface area (Å²) in [5, 5.41) is 0. The molecule has 1 amide bonds. The molecule has 2 fully saturated rings. The zero-order valence-corrected chi connectivity index (χ0v) is 12.2. The van der Waals surface area contributed by atoms with Crippen molar-refractivity contribution in [1.29, 1.82) is 0 Å². The zero-order valence-electron chi connectivity index (χ0n) is 12.2. The van der Waals surface area contributed by atoms with Crippen LogP contribution in [0.2, 0.25) is 0 Å². The number of carbonyl (C=O) groups is 1. The SMILES string of the molecule is CN(CC1CCCCC1)C(=O)C1(CN)CCOCC1. The average molecular weight is 268 g/mol. The monoisotopic (exact) mass is 268 g/mol. The zero-order chi connectivity index (χ0) is 13.7. The first-order valence-corrected chi connectivity index (χ1v) is 7.71. The summed E-state index contributed by atoms with van der Waals surface area (Å²) in [6, 6.07) is 0. The Bertz CT molecular complexity index is 295. The fourth-order valence-corrected chi connectivity index (χ4v) is 3.51. The highest BCUT2D eigenvalue weighted by Gasteiger charge is 2.40. The van der Waals surface area contributed by atoms with Gasteiger partial charge in [0.05, 0.1) is 5.41 Å². The molecule has 2 N–H and O–H groups in total. The van der Waals surface area contributed by atoms with Gasteiger partial charge >= 0.3 is 0 Å². The highest BCUT2D eigenvalue weighted by atomic mass is 16.5. The van der Waals surface area contributed by atoms with Gasteiger partial charge < -0.3 is 15.4 Å². The maximum Gasteiger partial charge on any atom is 0.229 e. The molecule has 0 radical (unpaired) electrons. The van der Waals surface area contributed by atoms with E-state index < -0.39 is 0 Å². The lowest BCUT2D eigenvalue weighted by Gasteiger charge is -2.39. The molecule has 0 unspecified atom stereocenters. The predicted molar refractivity (Wildman–Crippen MR) is 75.8 cm³/mol. The largest absolute Gasteiger partial charge is 0.381 e. The number of rotatable bonds is 4. The smallest absolute Gasteiger partial charge is 0.229 e. The third kappa shape index (κ3) is 3.48. The molecule has 0 aromatic carbocycles. The van der Waals surface area contributed by atoms with Crippen molar-refractivity contribution in [2.24, 2.45) is 17.1 Å². The summed E-state index contributed by atoms with van der Waals surface area (Å²) >= 11 is 0. The highest BCUT2D eigenvalue weighted by molar-refractivity contribution is 5.83. The van der Waals surface area contributed by atoms with Gasteiger partial charge in [-0.3, -0.25) is 4.79 Å². The topological polar surface area (TPSA) is 55.6 Å². The molecule has 0 bridgehead atoms. The molecule has 2 rings (SSSR count). The molecule has 19 heavy (non-hydrogen) atoms. The molecule has 1 saturated heterocycles. The minimum Gasteiger partial charge on any atom is -0.381 e. The molecule has 4 nitrogen and oxygen atoms in total. The van der Waals surface area contributed by atoms with Crippen LogP contribution in [0.4, 0.5) is 0 Å². The van der Waals surface area contributed by atoms with Crippen molar-refractivity contribution in [1.82, 2.24) is 4.90 Å². The second-order valence-electron chi connectivity index (χ2n) is 6.29. The van der Waals surface area contributed by atoms with Crippen LogP contribution in [-0.4, -0.2) is 44.2 Å². The maximum absolute atomic E-state index is 12.7. The van der Waals surface area contributed by atoms with E-state index in [1.165, 1.54) is 32.1 Å². The standard InChI is InChI=1S/C15H28N2O2/c1-17(11-13-5-3-2-4-6-13)14(18)15(12-16)7-9-19-10-8-15/h13H,2-12,16H2,1H3. The van der Waals surface area contributed by atoms with Gasteiger partial charge in [0.2, 0.25) is 5.91 Å². The fraction of sp³-hybridized carbons (Fsp3) is 0.933. The number of hydrogen-bond acceptors (Lipinski definition) is 3. The predicted octanol–water partition coefficient (Wildman–Crippen LogP) is 1.78.